The molecule has 6 heteroatoms. The lowest BCUT2D eigenvalue weighted by molar-refractivity contribution is 0.0957. The number of para-hydroxylation sites is 1. The monoisotopic (exact) mass is 421 g/mol. The van der Waals surface area contributed by atoms with Crippen molar-refractivity contribution in [1.29, 1.82) is 0 Å². The zero-order valence-corrected chi connectivity index (χ0v) is 17.8. The molecule has 1 aliphatic heterocycles. The van der Waals surface area contributed by atoms with Crippen LogP contribution in [0.2, 0.25) is 0 Å². The molecule has 0 saturated carbocycles. The summed E-state index contributed by atoms with van der Waals surface area (Å²) in [5.74, 6) is -0.00333. The van der Waals surface area contributed by atoms with Crippen LogP contribution in [0, 0.1) is 0 Å². The predicted octanol–water partition coefficient (Wildman–Crippen LogP) is 4.48. The van der Waals surface area contributed by atoms with Gasteiger partial charge in [-0.3, -0.25) is 4.79 Å². The van der Waals surface area contributed by atoms with E-state index in [9.17, 15) is 4.79 Å². The zero-order valence-electron chi connectivity index (χ0n) is 17.0. The minimum Gasteiger partial charge on any atom is -0.385 e. The Hall–Kier alpha value is -2.83. The number of amides is 1. The number of thiophene rings is 1. The molecule has 1 aromatic heterocycles. The molecule has 2 heterocycles. The number of carbonyl (C=O) groups excluding carboxylic acids is 1. The number of anilines is 2. The summed E-state index contributed by atoms with van der Waals surface area (Å²) in [5, 5.41) is 7.59. The molecule has 5 nitrogen and oxygen atoms in total. The van der Waals surface area contributed by atoms with Gasteiger partial charge in [-0.25, -0.2) is 0 Å². The van der Waals surface area contributed by atoms with E-state index in [1.807, 2.05) is 54.6 Å². The van der Waals surface area contributed by atoms with E-state index in [2.05, 4.69) is 27.7 Å². The topological polar surface area (TPSA) is 53.6 Å². The highest BCUT2D eigenvalue weighted by molar-refractivity contribution is 7.18. The number of hydrogen-bond acceptors (Lipinski definition) is 5. The normalized spacial score (nSPS) is 13.8. The average Bonchev–Trinajstić information content (AvgIpc) is 3.26. The van der Waals surface area contributed by atoms with Crippen molar-refractivity contribution in [2.75, 3.05) is 49.6 Å². The quantitative estimate of drug-likeness (QED) is 0.527. The number of benzene rings is 2. The molecule has 1 saturated heterocycles. The predicted molar refractivity (Wildman–Crippen MR) is 125 cm³/mol. The molecule has 3 aromatic rings. The lowest BCUT2D eigenvalue weighted by Crippen LogP contribution is -2.35. The fraction of sp³-hybridized carbons (Fsp3) is 0.292. The Labute approximate surface area is 181 Å². The lowest BCUT2D eigenvalue weighted by Gasteiger charge is -2.28. The Morgan fingerprint density at radius 2 is 1.67 bits per heavy atom. The third-order valence-corrected chi connectivity index (χ3v) is 6.26. The Balaban J connectivity index is 1.39. The van der Waals surface area contributed by atoms with Crippen LogP contribution in [-0.2, 0) is 4.74 Å². The molecule has 2 N–H and O–H groups in total. The van der Waals surface area contributed by atoms with Crippen molar-refractivity contribution in [3.05, 3.63) is 71.6 Å². The van der Waals surface area contributed by atoms with Gasteiger partial charge in [0, 0.05) is 37.4 Å². The Morgan fingerprint density at radius 3 is 2.40 bits per heavy atom. The Kier molecular flexibility index (Phi) is 7.00. The van der Waals surface area contributed by atoms with Crippen LogP contribution in [0.4, 0.5) is 10.7 Å². The number of nitrogens with zero attached hydrogens (tertiary/aromatic N) is 1. The van der Waals surface area contributed by atoms with Crippen LogP contribution in [0.15, 0.2) is 66.7 Å². The van der Waals surface area contributed by atoms with Crippen molar-refractivity contribution in [3.8, 4) is 11.1 Å². The minimum atomic E-state index is -0.00333. The number of nitrogens with one attached hydrogen (secondary N) is 2. The molecular formula is C24H27N3O2S. The van der Waals surface area contributed by atoms with Crippen molar-refractivity contribution in [1.82, 2.24) is 5.32 Å². The first-order valence-corrected chi connectivity index (χ1v) is 11.2. The molecule has 0 unspecified atom stereocenters. The van der Waals surface area contributed by atoms with E-state index in [0.717, 1.165) is 66.0 Å². The van der Waals surface area contributed by atoms with E-state index in [1.165, 1.54) is 0 Å². The van der Waals surface area contributed by atoms with Crippen LogP contribution >= 0.6 is 11.3 Å². The van der Waals surface area contributed by atoms with Gasteiger partial charge in [-0.15, -0.1) is 11.3 Å². The second-order valence-electron chi connectivity index (χ2n) is 7.20. The summed E-state index contributed by atoms with van der Waals surface area (Å²) in [4.78, 5) is 15.9. The van der Waals surface area contributed by atoms with Gasteiger partial charge < -0.3 is 20.3 Å². The summed E-state index contributed by atoms with van der Waals surface area (Å²) in [6.07, 6.45) is 0.869. The van der Waals surface area contributed by atoms with E-state index < -0.39 is 0 Å². The second-order valence-corrected chi connectivity index (χ2v) is 8.23. The van der Waals surface area contributed by atoms with Crippen LogP contribution in [0.3, 0.4) is 0 Å². The number of carbonyl (C=O) groups is 1. The molecule has 1 amide bonds. The summed E-state index contributed by atoms with van der Waals surface area (Å²) < 4.78 is 5.51. The van der Waals surface area contributed by atoms with Gasteiger partial charge in [0.15, 0.2) is 0 Å². The van der Waals surface area contributed by atoms with Gasteiger partial charge in [-0.05, 0) is 30.2 Å². The van der Waals surface area contributed by atoms with E-state index in [4.69, 9.17) is 4.74 Å². The Morgan fingerprint density at radius 1 is 0.967 bits per heavy atom. The van der Waals surface area contributed by atoms with Gasteiger partial charge in [0.25, 0.3) is 5.91 Å². The molecule has 2 aromatic carbocycles. The summed E-state index contributed by atoms with van der Waals surface area (Å²) >= 11 is 1.57. The first kappa shape index (κ1) is 20.4. The van der Waals surface area contributed by atoms with Crippen LogP contribution in [0.5, 0.6) is 0 Å². The average molecular weight is 422 g/mol. The summed E-state index contributed by atoms with van der Waals surface area (Å²) in [6, 6.07) is 22.4. The number of rotatable bonds is 8. The minimum absolute atomic E-state index is 0.00333. The zero-order chi connectivity index (χ0) is 20.6. The van der Waals surface area contributed by atoms with Gasteiger partial charge in [-0.1, -0.05) is 48.5 Å². The molecule has 30 heavy (non-hydrogen) atoms. The van der Waals surface area contributed by atoms with Crippen LogP contribution in [-0.4, -0.2) is 45.3 Å². The van der Waals surface area contributed by atoms with Gasteiger partial charge in [0.1, 0.15) is 0 Å². The van der Waals surface area contributed by atoms with Crippen molar-refractivity contribution in [2.24, 2.45) is 0 Å². The highest BCUT2D eigenvalue weighted by Crippen LogP contribution is 2.39. The maximum Gasteiger partial charge on any atom is 0.261 e. The molecule has 4 rings (SSSR count). The van der Waals surface area contributed by atoms with Gasteiger partial charge in [0.2, 0.25) is 0 Å². The molecule has 0 bridgehead atoms. The molecule has 1 aliphatic rings. The smallest absolute Gasteiger partial charge is 0.261 e. The summed E-state index contributed by atoms with van der Waals surface area (Å²) in [6.45, 7) is 4.62. The SMILES string of the molecule is O=C(NCCCNc1ccccc1)c1cc(-c2ccccc2)c(N2CCOCC2)s1. The molecular weight excluding hydrogens is 394 g/mol. The third kappa shape index (κ3) is 5.20. The van der Waals surface area contributed by atoms with E-state index in [-0.39, 0.29) is 5.91 Å². The highest BCUT2D eigenvalue weighted by Gasteiger charge is 2.21. The fourth-order valence-corrected chi connectivity index (χ4v) is 4.63. The first-order chi connectivity index (χ1) is 14.8. The highest BCUT2D eigenvalue weighted by atomic mass is 32.1. The van der Waals surface area contributed by atoms with Crippen molar-refractivity contribution < 1.29 is 9.53 Å². The van der Waals surface area contributed by atoms with Gasteiger partial charge in [0.05, 0.1) is 23.1 Å². The molecule has 0 spiro atoms. The molecule has 0 atom stereocenters. The lowest BCUT2D eigenvalue weighted by atomic mass is 10.1. The molecule has 156 valence electrons. The van der Waals surface area contributed by atoms with Crippen LogP contribution in [0.25, 0.3) is 11.1 Å². The fourth-order valence-electron chi connectivity index (χ4n) is 3.49. The van der Waals surface area contributed by atoms with E-state index >= 15 is 0 Å². The molecule has 1 fully saturated rings. The second kappa shape index (κ2) is 10.3. The number of ether oxygens (including phenoxy) is 1. The van der Waals surface area contributed by atoms with Gasteiger partial charge in [-0.2, -0.15) is 0 Å². The third-order valence-electron chi connectivity index (χ3n) is 5.06. The van der Waals surface area contributed by atoms with E-state index in [1.54, 1.807) is 11.3 Å². The number of hydrogen-bond donors (Lipinski definition) is 2. The van der Waals surface area contributed by atoms with Gasteiger partial charge >= 0.3 is 0 Å². The van der Waals surface area contributed by atoms with Crippen LogP contribution in [0.1, 0.15) is 16.1 Å². The first-order valence-electron chi connectivity index (χ1n) is 10.4. The summed E-state index contributed by atoms with van der Waals surface area (Å²) in [7, 11) is 0. The van der Waals surface area contributed by atoms with Crippen LogP contribution < -0.4 is 15.5 Å². The largest absolute Gasteiger partial charge is 0.385 e. The van der Waals surface area contributed by atoms with Crippen molar-refractivity contribution >= 4 is 27.9 Å². The molecule has 0 aliphatic carbocycles. The number of morpholine rings is 1. The maximum absolute atomic E-state index is 12.8. The van der Waals surface area contributed by atoms with Crippen molar-refractivity contribution in [3.63, 3.8) is 0 Å². The maximum atomic E-state index is 12.8. The van der Waals surface area contributed by atoms with Crippen molar-refractivity contribution in [2.45, 2.75) is 6.42 Å². The standard InChI is InChI=1S/C24H27N3O2S/c28-23(26-13-7-12-25-20-10-5-2-6-11-20)22-18-21(19-8-3-1-4-9-19)24(30-22)27-14-16-29-17-15-27/h1-6,8-11,18,25H,7,12-17H2,(H,26,28). The Bertz CT molecular complexity index is 938. The van der Waals surface area contributed by atoms with E-state index in [0.29, 0.717) is 6.54 Å². The molecule has 0 radical (unpaired) electrons. The summed E-state index contributed by atoms with van der Waals surface area (Å²) in [5.41, 5.74) is 3.37.